The summed E-state index contributed by atoms with van der Waals surface area (Å²) in [6, 6.07) is 0.578. The van der Waals surface area contributed by atoms with Crippen LogP contribution >= 0.6 is 0 Å². The number of esters is 1. The third kappa shape index (κ3) is 3.58. The maximum Gasteiger partial charge on any atom is 0.308 e. The summed E-state index contributed by atoms with van der Waals surface area (Å²) in [6.45, 7) is 9.08. The number of imidazole rings is 1. The quantitative estimate of drug-likeness (QED) is 0.630. The van der Waals surface area contributed by atoms with Gasteiger partial charge in [0.15, 0.2) is 17.3 Å². The SMILES string of the molecule is COC(=O)C1CC(N(C[C@H]2OC[C@]3(n4cnc5c(N)ncnc54)OC(C)(C)O[C@H]23)C(C)C)C1. The number of aromatic nitrogens is 4. The fourth-order valence-electron chi connectivity index (χ4n) is 5.44. The van der Waals surface area contributed by atoms with Gasteiger partial charge in [-0.2, -0.15) is 0 Å². The van der Waals surface area contributed by atoms with Crippen molar-refractivity contribution >= 4 is 23.0 Å². The number of anilines is 1. The first kappa shape index (κ1) is 22.5. The van der Waals surface area contributed by atoms with Crippen LogP contribution in [0.15, 0.2) is 12.7 Å². The van der Waals surface area contributed by atoms with Gasteiger partial charge >= 0.3 is 5.97 Å². The Morgan fingerprint density at radius 1 is 1.33 bits per heavy atom. The Morgan fingerprint density at radius 3 is 2.79 bits per heavy atom. The van der Waals surface area contributed by atoms with Crippen molar-refractivity contribution in [3.63, 3.8) is 0 Å². The number of ether oxygens (including phenoxy) is 4. The summed E-state index contributed by atoms with van der Waals surface area (Å²) in [7, 11) is 1.44. The molecule has 2 N–H and O–H groups in total. The van der Waals surface area contributed by atoms with Crippen molar-refractivity contribution in [2.24, 2.45) is 5.92 Å². The van der Waals surface area contributed by atoms with Crippen LogP contribution in [-0.4, -0.2) is 80.7 Å². The van der Waals surface area contributed by atoms with E-state index in [1.165, 1.54) is 13.4 Å². The number of nitrogens with zero attached hydrogens (tertiary/aromatic N) is 5. The minimum atomic E-state index is -0.916. The zero-order valence-electron chi connectivity index (χ0n) is 19.7. The predicted molar refractivity (Wildman–Crippen MR) is 118 cm³/mol. The van der Waals surface area contributed by atoms with Gasteiger partial charge in [-0.3, -0.25) is 14.3 Å². The van der Waals surface area contributed by atoms with Crippen molar-refractivity contribution < 1.29 is 23.7 Å². The molecule has 0 radical (unpaired) electrons. The fraction of sp³-hybridized carbons (Fsp3) is 0.727. The molecule has 3 fully saturated rings. The molecule has 0 aromatic carbocycles. The van der Waals surface area contributed by atoms with Gasteiger partial charge in [0.25, 0.3) is 0 Å². The van der Waals surface area contributed by atoms with Gasteiger partial charge in [0, 0.05) is 18.6 Å². The van der Waals surface area contributed by atoms with Crippen LogP contribution in [0.1, 0.15) is 40.5 Å². The lowest BCUT2D eigenvalue weighted by Crippen LogP contribution is -2.54. The predicted octanol–water partition coefficient (Wildman–Crippen LogP) is 1.27. The first-order chi connectivity index (χ1) is 15.6. The fourth-order valence-corrected chi connectivity index (χ4v) is 5.44. The average molecular weight is 461 g/mol. The minimum Gasteiger partial charge on any atom is -0.469 e. The second-order valence-corrected chi connectivity index (χ2v) is 9.92. The van der Waals surface area contributed by atoms with E-state index in [0.29, 0.717) is 36.2 Å². The van der Waals surface area contributed by atoms with E-state index in [1.807, 2.05) is 18.4 Å². The third-order valence-corrected chi connectivity index (χ3v) is 7.06. The van der Waals surface area contributed by atoms with E-state index < -0.39 is 11.5 Å². The molecule has 11 heteroatoms. The summed E-state index contributed by atoms with van der Waals surface area (Å²) in [5.41, 5.74) is 6.20. The topological polar surface area (TPSA) is 127 Å². The smallest absolute Gasteiger partial charge is 0.308 e. The Morgan fingerprint density at radius 2 is 2.09 bits per heavy atom. The Bertz CT molecular complexity index is 1050. The highest BCUT2D eigenvalue weighted by Gasteiger charge is 2.63. The van der Waals surface area contributed by atoms with E-state index in [-0.39, 0.29) is 30.1 Å². The molecule has 0 unspecified atom stereocenters. The summed E-state index contributed by atoms with van der Waals surface area (Å²) >= 11 is 0. The highest BCUT2D eigenvalue weighted by molar-refractivity contribution is 5.81. The second kappa shape index (κ2) is 7.86. The van der Waals surface area contributed by atoms with Gasteiger partial charge in [-0.25, -0.2) is 15.0 Å². The molecule has 33 heavy (non-hydrogen) atoms. The van der Waals surface area contributed by atoms with Crippen molar-refractivity contribution in [3.8, 4) is 0 Å². The number of rotatable bonds is 6. The molecule has 0 amide bonds. The van der Waals surface area contributed by atoms with Crippen LogP contribution in [0.2, 0.25) is 0 Å². The number of hydrogen-bond donors (Lipinski definition) is 1. The summed E-state index contributed by atoms with van der Waals surface area (Å²) in [4.78, 5) is 27.1. The Balaban J connectivity index is 1.42. The number of fused-ring (bicyclic) bond motifs is 2. The molecule has 5 rings (SSSR count). The van der Waals surface area contributed by atoms with E-state index in [4.69, 9.17) is 24.7 Å². The minimum absolute atomic E-state index is 0.0303. The van der Waals surface area contributed by atoms with Crippen molar-refractivity contribution in [2.75, 3.05) is 26.0 Å². The Hall–Kier alpha value is -2.34. The normalized spacial score (nSPS) is 32.9. The van der Waals surface area contributed by atoms with Crippen LogP contribution in [-0.2, 0) is 29.5 Å². The summed E-state index contributed by atoms with van der Waals surface area (Å²) < 4.78 is 26.0. The summed E-state index contributed by atoms with van der Waals surface area (Å²) in [5.74, 6) is -0.654. The first-order valence-electron chi connectivity index (χ1n) is 11.4. The molecule has 3 atom stereocenters. The maximum atomic E-state index is 11.9. The largest absolute Gasteiger partial charge is 0.469 e. The van der Waals surface area contributed by atoms with Gasteiger partial charge in [-0.1, -0.05) is 0 Å². The van der Waals surface area contributed by atoms with Crippen molar-refractivity contribution in [3.05, 3.63) is 12.7 Å². The van der Waals surface area contributed by atoms with Crippen LogP contribution in [0.4, 0.5) is 5.82 Å². The average Bonchev–Trinajstić information content (AvgIpc) is 3.36. The molecule has 11 nitrogen and oxygen atoms in total. The standard InChI is InChI=1S/C22H32N6O5/c1-12(2)27(14-6-13(7-14)20(29)30-5)8-15-17-22(9-31-15,33-21(3,4)32-17)28-11-26-16-18(23)24-10-25-19(16)28/h10-15,17H,6-9H2,1-5H3,(H2,23,24,25)/t13?,14?,15-,17-,22+/m1/s1. The summed E-state index contributed by atoms with van der Waals surface area (Å²) in [5, 5.41) is 0. The lowest BCUT2D eigenvalue weighted by atomic mass is 9.78. The van der Waals surface area contributed by atoms with Crippen molar-refractivity contribution in [1.82, 2.24) is 24.4 Å². The molecule has 4 heterocycles. The van der Waals surface area contributed by atoms with E-state index in [0.717, 1.165) is 12.8 Å². The van der Waals surface area contributed by atoms with Gasteiger partial charge in [0.05, 0.1) is 26.0 Å². The highest BCUT2D eigenvalue weighted by Crippen LogP contribution is 2.48. The number of hydrogen-bond acceptors (Lipinski definition) is 10. The van der Waals surface area contributed by atoms with Crippen LogP contribution in [0.3, 0.4) is 0 Å². The molecule has 1 aliphatic carbocycles. The molecule has 0 spiro atoms. The molecule has 1 saturated carbocycles. The second-order valence-electron chi connectivity index (χ2n) is 9.92. The summed E-state index contributed by atoms with van der Waals surface area (Å²) in [6.07, 6.45) is 4.07. The molecule has 2 aliphatic heterocycles. The zero-order valence-corrected chi connectivity index (χ0v) is 19.7. The maximum absolute atomic E-state index is 11.9. The van der Waals surface area contributed by atoms with Crippen molar-refractivity contribution in [1.29, 1.82) is 0 Å². The third-order valence-electron chi connectivity index (χ3n) is 7.06. The van der Waals surface area contributed by atoms with Gasteiger partial charge in [0.1, 0.15) is 24.1 Å². The first-order valence-corrected chi connectivity index (χ1v) is 11.4. The van der Waals surface area contributed by atoms with Gasteiger partial charge in [0.2, 0.25) is 5.72 Å². The van der Waals surface area contributed by atoms with E-state index in [1.54, 1.807) is 6.33 Å². The van der Waals surface area contributed by atoms with Crippen LogP contribution in [0, 0.1) is 5.92 Å². The van der Waals surface area contributed by atoms with E-state index >= 15 is 0 Å². The molecule has 180 valence electrons. The van der Waals surface area contributed by atoms with Gasteiger partial charge in [-0.15, -0.1) is 0 Å². The molecule has 3 aliphatic rings. The Kier molecular flexibility index (Phi) is 5.35. The zero-order chi connectivity index (χ0) is 23.5. The Labute approximate surface area is 192 Å². The molecular formula is C22H32N6O5. The van der Waals surface area contributed by atoms with Crippen molar-refractivity contribution in [2.45, 2.75) is 76.3 Å². The molecule has 2 saturated heterocycles. The number of nitrogen functional groups attached to an aromatic ring is 1. The lowest BCUT2D eigenvalue weighted by Gasteiger charge is -2.45. The number of carbonyl (C=O) groups excluding carboxylic acids is 1. The molecule has 2 aromatic rings. The van der Waals surface area contributed by atoms with E-state index in [9.17, 15) is 4.79 Å². The van der Waals surface area contributed by atoms with E-state index in [2.05, 4.69) is 33.7 Å². The molecule has 0 bridgehead atoms. The van der Waals surface area contributed by atoms with Crippen LogP contribution in [0.25, 0.3) is 11.2 Å². The monoisotopic (exact) mass is 460 g/mol. The lowest BCUT2D eigenvalue weighted by molar-refractivity contribution is -0.206. The van der Waals surface area contributed by atoms with Gasteiger partial charge < -0.3 is 24.7 Å². The number of nitrogens with two attached hydrogens (primary N) is 1. The number of methoxy groups -OCH3 is 1. The van der Waals surface area contributed by atoms with Crippen LogP contribution < -0.4 is 5.73 Å². The van der Waals surface area contributed by atoms with Gasteiger partial charge in [-0.05, 0) is 40.5 Å². The molecule has 2 aromatic heterocycles. The number of carbonyl (C=O) groups is 1. The highest BCUT2D eigenvalue weighted by atomic mass is 16.8. The van der Waals surface area contributed by atoms with Crippen LogP contribution in [0.5, 0.6) is 0 Å². The molecular weight excluding hydrogens is 428 g/mol.